The fourth-order valence-corrected chi connectivity index (χ4v) is 5.40. The van der Waals surface area contributed by atoms with Crippen molar-refractivity contribution in [1.29, 1.82) is 0 Å². The standard InChI is InChI=1S/C28H25N3O9/c1-40-18-4-2-3-15-22(18)28(39)24-23(26(15)37)27(38)16-11-13(5-6-14(16)25(24)36)17(12-32)29-30-19(33)9-10-31-20(34)7-8-21(31)35/h2-4,7-8,13,32,36,38H,5-6,9-12H2,1H3,(H,30,33)/b29-17+. The number of nitrogens with one attached hydrogen (secondary N) is 1. The van der Waals surface area contributed by atoms with E-state index in [0.29, 0.717) is 12.0 Å². The van der Waals surface area contributed by atoms with Crippen LogP contribution >= 0.6 is 0 Å². The molecule has 0 saturated heterocycles. The number of aliphatic hydroxyl groups is 1. The highest BCUT2D eigenvalue weighted by molar-refractivity contribution is 6.31. The molecule has 0 aromatic heterocycles. The summed E-state index contributed by atoms with van der Waals surface area (Å²) in [4.78, 5) is 63.2. The fourth-order valence-electron chi connectivity index (χ4n) is 5.40. The Bertz CT molecular complexity index is 1540. The van der Waals surface area contributed by atoms with Crippen LogP contribution in [0.4, 0.5) is 0 Å². The van der Waals surface area contributed by atoms with E-state index < -0.39 is 47.6 Å². The van der Waals surface area contributed by atoms with Crippen LogP contribution in [0.3, 0.4) is 0 Å². The van der Waals surface area contributed by atoms with Crippen LogP contribution < -0.4 is 10.2 Å². The number of amides is 3. The van der Waals surface area contributed by atoms with Crippen LogP contribution in [0.5, 0.6) is 17.2 Å². The minimum absolute atomic E-state index is 0.0194. The average molecular weight is 548 g/mol. The van der Waals surface area contributed by atoms with Crippen molar-refractivity contribution in [2.45, 2.75) is 25.7 Å². The zero-order chi connectivity index (χ0) is 28.7. The predicted octanol–water partition coefficient (Wildman–Crippen LogP) is 0.766. The van der Waals surface area contributed by atoms with Crippen LogP contribution in [-0.4, -0.2) is 75.5 Å². The van der Waals surface area contributed by atoms with Gasteiger partial charge in [0.2, 0.25) is 11.7 Å². The van der Waals surface area contributed by atoms with Gasteiger partial charge >= 0.3 is 0 Å². The number of methoxy groups -OCH3 is 1. The lowest BCUT2D eigenvalue weighted by molar-refractivity contribution is -0.137. The lowest BCUT2D eigenvalue weighted by Crippen LogP contribution is -2.34. The van der Waals surface area contributed by atoms with Gasteiger partial charge in [-0.1, -0.05) is 12.1 Å². The molecule has 40 heavy (non-hydrogen) atoms. The molecule has 3 amide bonds. The quantitative estimate of drug-likeness (QED) is 0.144. The van der Waals surface area contributed by atoms with Crippen LogP contribution in [0, 0.1) is 5.92 Å². The number of fused-ring (bicyclic) bond motifs is 3. The van der Waals surface area contributed by atoms with Gasteiger partial charge in [0.15, 0.2) is 5.78 Å². The van der Waals surface area contributed by atoms with Crippen molar-refractivity contribution >= 4 is 35.0 Å². The van der Waals surface area contributed by atoms with Crippen molar-refractivity contribution in [2.75, 3.05) is 20.3 Å². The number of rotatable bonds is 7. The molecule has 1 unspecified atom stereocenters. The Morgan fingerprint density at radius 1 is 1.02 bits per heavy atom. The number of imide groups is 1. The van der Waals surface area contributed by atoms with Gasteiger partial charge in [-0.2, -0.15) is 5.10 Å². The topological polar surface area (TPSA) is 183 Å². The highest BCUT2D eigenvalue weighted by Crippen LogP contribution is 2.47. The number of ketones is 2. The number of phenols is 2. The molecule has 206 valence electrons. The van der Waals surface area contributed by atoms with Gasteiger partial charge in [0, 0.05) is 47.7 Å². The van der Waals surface area contributed by atoms with E-state index in [1.807, 2.05) is 0 Å². The zero-order valence-corrected chi connectivity index (χ0v) is 21.4. The summed E-state index contributed by atoms with van der Waals surface area (Å²) in [6.45, 7) is -0.646. The summed E-state index contributed by atoms with van der Waals surface area (Å²) in [6.07, 6.45) is 2.67. The van der Waals surface area contributed by atoms with Gasteiger partial charge in [0.25, 0.3) is 11.8 Å². The maximum absolute atomic E-state index is 13.4. The fraction of sp³-hybridized carbons (Fsp3) is 0.286. The number of aliphatic hydroxyl groups excluding tert-OH is 1. The monoisotopic (exact) mass is 547 g/mol. The van der Waals surface area contributed by atoms with Crippen LogP contribution in [0.1, 0.15) is 55.8 Å². The minimum atomic E-state index is -0.631. The van der Waals surface area contributed by atoms with Crippen LogP contribution in [0.2, 0.25) is 0 Å². The Morgan fingerprint density at radius 3 is 2.38 bits per heavy atom. The van der Waals surface area contributed by atoms with Crippen LogP contribution in [-0.2, 0) is 27.2 Å². The number of aromatic hydroxyl groups is 2. The number of benzene rings is 2. The van der Waals surface area contributed by atoms with Crippen molar-refractivity contribution < 1.29 is 44.0 Å². The predicted molar refractivity (Wildman–Crippen MR) is 138 cm³/mol. The molecule has 4 N–H and O–H groups in total. The molecule has 1 aliphatic heterocycles. The van der Waals surface area contributed by atoms with E-state index in [9.17, 15) is 39.3 Å². The molecular formula is C28H25N3O9. The first-order valence-electron chi connectivity index (χ1n) is 12.5. The van der Waals surface area contributed by atoms with Crippen molar-refractivity contribution in [1.82, 2.24) is 10.3 Å². The lowest BCUT2D eigenvalue weighted by atomic mass is 9.74. The van der Waals surface area contributed by atoms with E-state index in [2.05, 4.69) is 10.5 Å². The summed E-state index contributed by atoms with van der Waals surface area (Å²) < 4.78 is 5.25. The second kappa shape index (κ2) is 10.4. The molecule has 2 aromatic carbocycles. The molecule has 12 nitrogen and oxygen atoms in total. The Balaban J connectivity index is 1.38. The Labute approximate surface area is 227 Å². The van der Waals surface area contributed by atoms with Gasteiger partial charge in [-0.05, 0) is 25.3 Å². The van der Waals surface area contributed by atoms with Gasteiger partial charge in [-0.3, -0.25) is 28.9 Å². The zero-order valence-electron chi connectivity index (χ0n) is 21.4. The van der Waals surface area contributed by atoms with Crippen molar-refractivity contribution in [3.8, 4) is 17.2 Å². The number of hydrogen-bond donors (Lipinski definition) is 4. The van der Waals surface area contributed by atoms with Gasteiger partial charge in [-0.25, -0.2) is 5.43 Å². The van der Waals surface area contributed by atoms with Gasteiger partial charge < -0.3 is 20.1 Å². The SMILES string of the molecule is COc1cccc2c1C(=O)c1c(O)c3c(c(O)c1C2=O)CC(/C(CO)=N/NC(=O)CCN1C(=O)C=CC1=O)CC3. The van der Waals surface area contributed by atoms with Crippen molar-refractivity contribution in [3.05, 3.63) is 63.7 Å². The maximum atomic E-state index is 13.4. The van der Waals surface area contributed by atoms with Crippen molar-refractivity contribution in [2.24, 2.45) is 11.0 Å². The molecule has 1 atom stereocenters. The summed E-state index contributed by atoms with van der Waals surface area (Å²) in [5.74, 6) is -3.95. The number of phenolic OH excluding ortho intramolecular Hbond substituents is 2. The summed E-state index contributed by atoms with van der Waals surface area (Å²) in [6, 6.07) is 4.53. The van der Waals surface area contributed by atoms with Crippen molar-refractivity contribution in [3.63, 3.8) is 0 Å². The molecule has 3 aliphatic rings. The van der Waals surface area contributed by atoms with E-state index in [4.69, 9.17) is 4.74 Å². The highest BCUT2D eigenvalue weighted by Gasteiger charge is 2.40. The molecule has 2 aromatic rings. The number of hydrogen-bond acceptors (Lipinski definition) is 10. The van der Waals surface area contributed by atoms with E-state index in [-0.39, 0.29) is 70.8 Å². The number of hydrazone groups is 1. The summed E-state index contributed by atoms with van der Waals surface area (Å²) in [5.41, 5.74) is 2.59. The molecule has 0 radical (unpaired) electrons. The second-order valence-electron chi connectivity index (χ2n) is 9.59. The van der Waals surface area contributed by atoms with E-state index >= 15 is 0 Å². The van der Waals surface area contributed by atoms with Crippen LogP contribution in [0.15, 0.2) is 35.5 Å². The summed E-state index contributed by atoms with van der Waals surface area (Å²) in [5, 5.41) is 36.3. The molecule has 0 fully saturated rings. The molecule has 5 rings (SSSR count). The number of carbonyl (C=O) groups is 5. The van der Waals surface area contributed by atoms with E-state index in [1.165, 1.54) is 19.2 Å². The van der Waals surface area contributed by atoms with Gasteiger partial charge in [0.1, 0.15) is 17.2 Å². The molecule has 0 bridgehead atoms. The molecular weight excluding hydrogens is 522 g/mol. The largest absolute Gasteiger partial charge is 0.507 e. The average Bonchev–Trinajstić information content (AvgIpc) is 3.28. The first-order chi connectivity index (χ1) is 19.2. The number of ether oxygens (including phenoxy) is 1. The normalized spacial score (nSPS) is 18.0. The number of carbonyl (C=O) groups excluding carboxylic acids is 5. The first-order valence-corrected chi connectivity index (χ1v) is 12.5. The molecule has 12 heteroatoms. The molecule has 0 spiro atoms. The third-order valence-electron chi connectivity index (χ3n) is 7.45. The number of nitrogens with zero attached hydrogens (tertiary/aromatic N) is 2. The Morgan fingerprint density at radius 2 is 1.70 bits per heavy atom. The van der Waals surface area contributed by atoms with Crippen LogP contribution in [0.25, 0.3) is 0 Å². The highest BCUT2D eigenvalue weighted by atomic mass is 16.5. The minimum Gasteiger partial charge on any atom is -0.507 e. The van der Waals surface area contributed by atoms with E-state index in [0.717, 1.165) is 17.1 Å². The maximum Gasteiger partial charge on any atom is 0.253 e. The Kier molecular flexibility index (Phi) is 6.94. The summed E-state index contributed by atoms with van der Waals surface area (Å²) >= 11 is 0. The van der Waals surface area contributed by atoms with Gasteiger partial charge in [-0.15, -0.1) is 0 Å². The second-order valence-corrected chi connectivity index (χ2v) is 9.59. The van der Waals surface area contributed by atoms with Gasteiger partial charge in [0.05, 0.1) is 36.1 Å². The summed E-state index contributed by atoms with van der Waals surface area (Å²) in [7, 11) is 1.36. The molecule has 0 saturated carbocycles. The molecule has 1 heterocycles. The Hall–Kier alpha value is -4.84. The first kappa shape index (κ1) is 26.8. The third kappa shape index (κ3) is 4.31. The van der Waals surface area contributed by atoms with E-state index in [1.54, 1.807) is 6.07 Å². The molecule has 2 aliphatic carbocycles. The smallest absolute Gasteiger partial charge is 0.253 e. The third-order valence-corrected chi connectivity index (χ3v) is 7.45. The lowest BCUT2D eigenvalue weighted by Gasteiger charge is -2.30.